The lowest BCUT2D eigenvalue weighted by Gasteiger charge is -2.15. The third-order valence-electron chi connectivity index (χ3n) is 2.79. The monoisotopic (exact) mass is 273 g/mol. The Balaban J connectivity index is 2.21. The number of thioether (sulfide) groups is 1. The summed E-state index contributed by atoms with van der Waals surface area (Å²) in [6, 6.07) is 9.21. The Hall–Kier alpha value is -1.80. The zero-order valence-corrected chi connectivity index (χ0v) is 11.6. The molecule has 1 aliphatic rings. The van der Waals surface area contributed by atoms with Crippen LogP contribution in [0.25, 0.3) is 0 Å². The van der Waals surface area contributed by atoms with E-state index in [0.29, 0.717) is 11.3 Å². The maximum atomic E-state index is 11.8. The normalized spacial score (nSPS) is 16.9. The molecule has 0 bridgehead atoms. The molecule has 19 heavy (non-hydrogen) atoms. The number of hydrogen-bond donors (Lipinski definition) is 0. The van der Waals surface area contributed by atoms with Crippen molar-refractivity contribution in [2.24, 2.45) is 4.99 Å². The van der Waals surface area contributed by atoms with Gasteiger partial charge < -0.3 is 0 Å². The molecule has 1 aliphatic heterocycles. The third-order valence-corrected chi connectivity index (χ3v) is 3.75. The molecule has 0 radical (unpaired) electrons. The molecule has 0 atom stereocenters. The fourth-order valence-corrected chi connectivity index (χ4v) is 2.70. The molecule has 0 aromatic heterocycles. The minimum atomic E-state index is 0.119. The number of amides is 1. The number of benzene rings is 1. The van der Waals surface area contributed by atoms with E-state index in [0.717, 1.165) is 30.2 Å². The molecule has 0 aliphatic carbocycles. The Morgan fingerprint density at radius 3 is 3.11 bits per heavy atom. The van der Waals surface area contributed by atoms with Gasteiger partial charge in [0.2, 0.25) is 5.91 Å². The highest BCUT2D eigenvalue weighted by atomic mass is 32.2. The van der Waals surface area contributed by atoms with Gasteiger partial charge in [-0.1, -0.05) is 31.2 Å². The molecule has 1 heterocycles. The number of nitrogens with zero attached hydrogens (tertiary/aromatic N) is 3. The molecule has 98 valence electrons. The molecule has 1 aromatic carbocycles. The van der Waals surface area contributed by atoms with E-state index in [-0.39, 0.29) is 5.91 Å². The van der Waals surface area contributed by atoms with Crippen molar-refractivity contribution in [1.29, 1.82) is 5.26 Å². The van der Waals surface area contributed by atoms with Gasteiger partial charge in [-0.15, -0.1) is 0 Å². The summed E-state index contributed by atoms with van der Waals surface area (Å²) in [7, 11) is 0. The smallest absolute Gasteiger partial charge is 0.239 e. The predicted octanol–water partition coefficient (Wildman–Crippen LogP) is 2.92. The number of rotatable bonds is 4. The van der Waals surface area contributed by atoms with E-state index in [4.69, 9.17) is 5.26 Å². The molecular weight excluding hydrogens is 258 g/mol. The summed E-state index contributed by atoms with van der Waals surface area (Å²) in [5.41, 5.74) is 1.30. The van der Waals surface area contributed by atoms with Crippen molar-refractivity contribution in [3.8, 4) is 6.07 Å². The van der Waals surface area contributed by atoms with Crippen LogP contribution in [0.1, 0.15) is 25.3 Å². The van der Waals surface area contributed by atoms with Crippen LogP contribution in [0, 0.1) is 11.3 Å². The highest BCUT2D eigenvalue weighted by molar-refractivity contribution is 8.15. The topological polar surface area (TPSA) is 56.5 Å². The molecule has 1 fully saturated rings. The van der Waals surface area contributed by atoms with Crippen LogP contribution in [0.15, 0.2) is 29.3 Å². The number of amidine groups is 1. The Morgan fingerprint density at radius 1 is 1.53 bits per heavy atom. The van der Waals surface area contributed by atoms with E-state index < -0.39 is 0 Å². The molecule has 1 aromatic rings. The fraction of sp³-hybridized carbons (Fsp3) is 0.357. The number of hydrogen-bond acceptors (Lipinski definition) is 4. The first-order valence-electron chi connectivity index (χ1n) is 6.26. The lowest BCUT2D eigenvalue weighted by atomic mass is 10.2. The predicted molar refractivity (Wildman–Crippen MR) is 77.3 cm³/mol. The fourth-order valence-electron chi connectivity index (χ4n) is 1.77. The Morgan fingerprint density at radius 2 is 2.37 bits per heavy atom. The summed E-state index contributed by atoms with van der Waals surface area (Å²) in [4.78, 5) is 18.0. The van der Waals surface area contributed by atoms with E-state index in [1.54, 1.807) is 23.1 Å². The van der Waals surface area contributed by atoms with Crippen LogP contribution in [0.3, 0.4) is 0 Å². The van der Waals surface area contributed by atoms with Crippen molar-refractivity contribution in [2.75, 3.05) is 12.3 Å². The van der Waals surface area contributed by atoms with Crippen molar-refractivity contribution >= 4 is 28.5 Å². The second-order valence-corrected chi connectivity index (χ2v) is 5.19. The van der Waals surface area contributed by atoms with Gasteiger partial charge in [0.1, 0.15) is 0 Å². The van der Waals surface area contributed by atoms with Gasteiger partial charge in [0.25, 0.3) is 0 Å². The summed E-state index contributed by atoms with van der Waals surface area (Å²) in [6.45, 7) is 2.82. The van der Waals surface area contributed by atoms with Crippen LogP contribution < -0.4 is 0 Å². The van der Waals surface area contributed by atoms with Crippen LogP contribution in [0.5, 0.6) is 0 Å². The summed E-state index contributed by atoms with van der Waals surface area (Å²) in [5, 5.41) is 9.61. The zero-order chi connectivity index (χ0) is 13.7. The number of carbonyl (C=O) groups is 1. The van der Waals surface area contributed by atoms with Gasteiger partial charge in [0.05, 0.1) is 23.1 Å². The maximum Gasteiger partial charge on any atom is 0.239 e. The largest absolute Gasteiger partial charge is 0.291 e. The first-order valence-corrected chi connectivity index (χ1v) is 7.25. The molecule has 1 amide bonds. The van der Waals surface area contributed by atoms with Crippen molar-refractivity contribution in [3.63, 3.8) is 0 Å². The SMILES string of the molecule is CCCCN1C(=O)CSC1=Nc1cccc(C#N)c1. The van der Waals surface area contributed by atoms with Gasteiger partial charge in [-0.25, -0.2) is 4.99 Å². The van der Waals surface area contributed by atoms with Gasteiger partial charge in [0.15, 0.2) is 5.17 Å². The van der Waals surface area contributed by atoms with Gasteiger partial charge >= 0.3 is 0 Å². The van der Waals surface area contributed by atoms with Crippen molar-refractivity contribution in [3.05, 3.63) is 29.8 Å². The van der Waals surface area contributed by atoms with E-state index in [1.165, 1.54) is 11.8 Å². The molecule has 5 heteroatoms. The highest BCUT2D eigenvalue weighted by Crippen LogP contribution is 2.24. The first-order chi connectivity index (χ1) is 9.24. The average Bonchev–Trinajstić information content (AvgIpc) is 2.77. The van der Waals surface area contributed by atoms with Crippen LogP contribution in [-0.4, -0.2) is 28.3 Å². The van der Waals surface area contributed by atoms with Crippen LogP contribution in [0.2, 0.25) is 0 Å². The molecule has 0 spiro atoms. The molecular formula is C14H15N3OS. The van der Waals surface area contributed by atoms with E-state index in [1.807, 2.05) is 6.07 Å². The molecule has 0 saturated carbocycles. The molecule has 0 N–H and O–H groups in total. The quantitative estimate of drug-likeness (QED) is 0.847. The molecule has 0 unspecified atom stereocenters. The van der Waals surface area contributed by atoms with Crippen LogP contribution >= 0.6 is 11.8 Å². The van der Waals surface area contributed by atoms with E-state index >= 15 is 0 Å². The van der Waals surface area contributed by atoms with Gasteiger partial charge in [-0.2, -0.15) is 5.26 Å². The number of nitriles is 1. The first kappa shape index (κ1) is 13.6. The second kappa shape index (κ2) is 6.39. The summed E-state index contributed by atoms with van der Waals surface area (Å²) in [6.07, 6.45) is 2.02. The Labute approximate surface area is 117 Å². The number of aliphatic imine (C=N–C) groups is 1. The number of unbranched alkanes of at least 4 members (excludes halogenated alkanes) is 1. The van der Waals surface area contributed by atoms with E-state index in [2.05, 4.69) is 18.0 Å². The van der Waals surface area contributed by atoms with Crippen LogP contribution in [0.4, 0.5) is 5.69 Å². The van der Waals surface area contributed by atoms with Crippen molar-refractivity contribution in [1.82, 2.24) is 4.90 Å². The standard InChI is InChI=1S/C14H15N3OS/c1-2-3-7-17-13(18)10-19-14(17)16-12-6-4-5-11(8-12)9-15/h4-6,8H,2-3,7,10H2,1H3. The third kappa shape index (κ3) is 3.36. The average molecular weight is 273 g/mol. The lowest BCUT2D eigenvalue weighted by molar-refractivity contribution is -0.124. The van der Waals surface area contributed by atoms with Crippen molar-refractivity contribution in [2.45, 2.75) is 19.8 Å². The number of carbonyl (C=O) groups excluding carboxylic acids is 1. The molecule has 2 rings (SSSR count). The van der Waals surface area contributed by atoms with Crippen LogP contribution in [-0.2, 0) is 4.79 Å². The second-order valence-electron chi connectivity index (χ2n) is 4.24. The minimum Gasteiger partial charge on any atom is -0.291 e. The summed E-state index contributed by atoms with van der Waals surface area (Å²) >= 11 is 1.46. The zero-order valence-electron chi connectivity index (χ0n) is 10.8. The van der Waals surface area contributed by atoms with E-state index in [9.17, 15) is 4.79 Å². The maximum absolute atomic E-state index is 11.8. The Kier molecular flexibility index (Phi) is 4.58. The Bertz CT molecular complexity index is 548. The van der Waals surface area contributed by atoms with Gasteiger partial charge in [-0.3, -0.25) is 9.69 Å². The minimum absolute atomic E-state index is 0.119. The van der Waals surface area contributed by atoms with Gasteiger partial charge in [0, 0.05) is 6.54 Å². The summed E-state index contributed by atoms with van der Waals surface area (Å²) in [5.74, 6) is 0.578. The van der Waals surface area contributed by atoms with Crippen molar-refractivity contribution < 1.29 is 4.79 Å². The molecule has 4 nitrogen and oxygen atoms in total. The summed E-state index contributed by atoms with van der Waals surface area (Å²) < 4.78 is 0. The van der Waals surface area contributed by atoms with Gasteiger partial charge in [-0.05, 0) is 24.6 Å². The highest BCUT2D eigenvalue weighted by Gasteiger charge is 2.27. The molecule has 1 saturated heterocycles. The lowest BCUT2D eigenvalue weighted by Crippen LogP contribution is -2.30.